The second-order valence-corrected chi connectivity index (χ2v) is 7.92. The molecular weight excluding hydrogens is 426 g/mol. The van der Waals surface area contributed by atoms with Crippen molar-refractivity contribution in [1.29, 1.82) is 5.26 Å². The largest absolute Gasteiger partial charge is 0.469 e. The molecule has 162 valence electrons. The fourth-order valence-electron chi connectivity index (χ4n) is 3.46. The summed E-state index contributed by atoms with van der Waals surface area (Å²) in [7, 11) is 1.29. The first-order valence-corrected chi connectivity index (χ1v) is 10.3. The fourth-order valence-corrected chi connectivity index (χ4v) is 3.59. The summed E-state index contributed by atoms with van der Waals surface area (Å²) in [5, 5.41) is 12.7. The van der Waals surface area contributed by atoms with Crippen molar-refractivity contribution in [2.45, 2.75) is 25.8 Å². The van der Waals surface area contributed by atoms with Crippen molar-refractivity contribution in [3.05, 3.63) is 99.3 Å². The van der Waals surface area contributed by atoms with Crippen LogP contribution in [0.4, 0.5) is 0 Å². The third-order valence-electron chi connectivity index (χ3n) is 5.26. The molecule has 0 bridgehead atoms. The molecule has 1 aromatic heterocycles. The van der Waals surface area contributed by atoms with Gasteiger partial charge >= 0.3 is 5.97 Å². The normalized spacial score (nSPS) is 12.3. The number of nitrogens with one attached hydrogen (secondary N) is 1. The fraction of sp³-hybridized carbons (Fsp3) is 0.200. The quantitative estimate of drug-likeness (QED) is 0.563. The zero-order valence-corrected chi connectivity index (χ0v) is 18.7. The van der Waals surface area contributed by atoms with Crippen LogP contribution in [-0.4, -0.2) is 24.0 Å². The average Bonchev–Trinajstić information content (AvgIpc) is 2.79. The van der Waals surface area contributed by atoms with Gasteiger partial charge in [0.1, 0.15) is 5.54 Å². The molecule has 0 saturated carbocycles. The molecule has 0 fully saturated rings. The molecule has 2 aromatic carbocycles. The number of pyridine rings is 1. The van der Waals surface area contributed by atoms with E-state index in [0.717, 1.165) is 5.56 Å². The summed E-state index contributed by atoms with van der Waals surface area (Å²) >= 11 is 6.09. The van der Waals surface area contributed by atoms with Gasteiger partial charge in [-0.2, -0.15) is 5.26 Å². The first-order valence-electron chi connectivity index (χ1n) is 9.88. The minimum absolute atomic E-state index is 0.178. The van der Waals surface area contributed by atoms with Crippen molar-refractivity contribution >= 4 is 23.5 Å². The van der Waals surface area contributed by atoms with Crippen LogP contribution in [0.25, 0.3) is 0 Å². The Bertz CT molecular complexity index is 1140. The first kappa shape index (κ1) is 23.0. The smallest absolute Gasteiger partial charge is 0.308 e. The number of esters is 1. The Hall–Kier alpha value is -3.69. The van der Waals surface area contributed by atoms with Crippen molar-refractivity contribution < 1.29 is 14.3 Å². The molecule has 1 heterocycles. The van der Waals surface area contributed by atoms with Crippen LogP contribution in [0.15, 0.2) is 60.8 Å². The first-order chi connectivity index (χ1) is 15.3. The van der Waals surface area contributed by atoms with Crippen LogP contribution in [0.5, 0.6) is 0 Å². The van der Waals surface area contributed by atoms with Crippen LogP contribution in [0.2, 0.25) is 5.02 Å². The highest BCUT2D eigenvalue weighted by atomic mass is 35.5. The SMILES string of the molecule is COC(=O)CC(NC(=O)c1ccc(C#N)c(C)c1)(c1ccc(Cl)cc1)c1ccc(C)cn1. The van der Waals surface area contributed by atoms with E-state index in [1.807, 2.05) is 13.0 Å². The predicted molar refractivity (Wildman–Crippen MR) is 121 cm³/mol. The Morgan fingerprint density at radius 2 is 1.84 bits per heavy atom. The van der Waals surface area contributed by atoms with E-state index in [1.54, 1.807) is 61.7 Å². The summed E-state index contributed by atoms with van der Waals surface area (Å²) in [6.07, 6.45) is 1.50. The third-order valence-corrected chi connectivity index (χ3v) is 5.51. The summed E-state index contributed by atoms with van der Waals surface area (Å²) < 4.78 is 4.95. The third kappa shape index (κ3) is 4.79. The number of carbonyl (C=O) groups is 2. The topological polar surface area (TPSA) is 92.1 Å². The predicted octanol–water partition coefficient (Wildman–Crippen LogP) is 4.46. The number of halogens is 1. The summed E-state index contributed by atoms with van der Waals surface area (Å²) in [6, 6.07) is 17.4. The van der Waals surface area contributed by atoms with Gasteiger partial charge < -0.3 is 10.1 Å². The minimum atomic E-state index is -1.30. The zero-order valence-electron chi connectivity index (χ0n) is 18.0. The number of benzene rings is 2. The lowest BCUT2D eigenvalue weighted by Crippen LogP contribution is -2.49. The van der Waals surface area contributed by atoms with E-state index >= 15 is 0 Å². The summed E-state index contributed by atoms with van der Waals surface area (Å²) in [4.78, 5) is 30.4. The lowest BCUT2D eigenvalue weighted by atomic mass is 9.82. The molecule has 0 aliphatic heterocycles. The number of nitriles is 1. The lowest BCUT2D eigenvalue weighted by molar-refractivity contribution is -0.142. The molecule has 3 rings (SSSR count). The molecular formula is C25H22ClN3O3. The Kier molecular flexibility index (Phi) is 6.92. The monoisotopic (exact) mass is 447 g/mol. The Morgan fingerprint density at radius 1 is 1.12 bits per heavy atom. The van der Waals surface area contributed by atoms with E-state index in [-0.39, 0.29) is 6.42 Å². The maximum absolute atomic E-state index is 13.4. The van der Waals surface area contributed by atoms with Gasteiger partial charge in [0.15, 0.2) is 0 Å². The van der Waals surface area contributed by atoms with Gasteiger partial charge in [-0.1, -0.05) is 29.8 Å². The number of amides is 1. The number of ether oxygens (including phenoxy) is 1. The molecule has 3 aromatic rings. The Balaban J connectivity index is 2.17. The number of rotatable bonds is 6. The van der Waals surface area contributed by atoms with E-state index < -0.39 is 17.4 Å². The standard InChI is InChI=1S/C25H22ClN3O3/c1-16-4-11-22(28-15-16)25(13-23(30)32-3,20-7-9-21(26)10-8-20)29-24(31)18-5-6-19(14-27)17(2)12-18/h4-12,15H,13H2,1-3H3,(H,29,31). The van der Waals surface area contributed by atoms with E-state index in [1.165, 1.54) is 7.11 Å². The molecule has 1 amide bonds. The van der Waals surface area contributed by atoms with Crippen LogP contribution >= 0.6 is 11.6 Å². The van der Waals surface area contributed by atoms with Crippen molar-refractivity contribution in [2.75, 3.05) is 7.11 Å². The van der Waals surface area contributed by atoms with Gasteiger partial charge in [-0.05, 0) is 66.9 Å². The van der Waals surface area contributed by atoms with Crippen molar-refractivity contribution in [3.63, 3.8) is 0 Å². The Morgan fingerprint density at radius 3 is 2.41 bits per heavy atom. The average molecular weight is 448 g/mol. The highest BCUT2D eigenvalue weighted by Crippen LogP contribution is 2.34. The van der Waals surface area contributed by atoms with E-state index in [2.05, 4.69) is 16.4 Å². The van der Waals surface area contributed by atoms with E-state index in [4.69, 9.17) is 16.3 Å². The van der Waals surface area contributed by atoms with Gasteiger partial charge in [0.25, 0.3) is 5.91 Å². The van der Waals surface area contributed by atoms with E-state index in [9.17, 15) is 14.9 Å². The second kappa shape index (κ2) is 9.63. The van der Waals surface area contributed by atoms with Gasteiger partial charge in [-0.25, -0.2) is 0 Å². The summed E-state index contributed by atoms with van der Waals surface area (Å²) in [6.45, 7) is 3.66. The van der Waals surface area contributed by atoms with Crippen LogP contribution in [-0.2, 0) is 15.1 Å². The summed E-state index contributed by atoms with van der Waals surface area (Å²) in [5.41, 5.74) is 2.27. The maximum atomic E-state index is 13.4. The molecule has 32 heavy (non-hydrogen) atoms. The van der Waals surface area contributed by atoms with Crippen LogP contribution in [0.1, 0.15) is 44.7 Å². The zero-order chi connectivity index (χ0) is 23.3. The number of carbonyl (C=O) groups excluding carboxylic acids is 2. The molecule has 1 N–H and O–H groups in total. The van der Waals surface area contributed by atoms with Crippen molar-refractivity contribution in [2.24, 2.45) is 0 Å². The second-order valence-electron chi connectivity index (χ2n) is 7.48. The van der Waals surface area contributed by atoms with Crippen molar-refractivity contribution in [3.8, 4) is 6.07 Å². The molecule has 7 heteroatoms. The molecule has 0 radical (unpaired) electrons. The summed E-state index contributed by atoms with van der Waals surface area (Å²) in [5.74, 6) is -0.933. The molecule has 0 aliphatic rings. The minimum Gasteiger partial charge on any atom is -0.469 e. The number of hydrogen-bond acceptors (Lipinski definition) is 5. The highest BCUT2D eigenvalue weighted by molar-refractivity contribution is 6.30. The number of methoxy groups -OCH3 is 1. The number of nitrogens with zero attached hydrogens (tertiary/aromatic N) is 2. The maximum Gasteiger partial charge on any atom is 0.308 e. The van der Waals surface area contributed by atoms with Crippen LogP contribution < -0.4 is 5.32 Å². The van der Waals surface area contributed by atoms with Crippen molar-refractivity contribution in [1.82, 2.24) is 10.3 Å². The van der Waals surface area contributed by atoms with Gasteiger partial charge in [0, 0.05) is 16.8 Å². The number of hydrogen-bond donors (Lipinski definition) is 1. The molecule has 6 nitrogen and oxygen atoms in total. The van der Waals surface area contributed by atoms with Crippen LogP contribution in [0.3, 0.4) is 0 Å². The molecule has 1 atom stereocenters. The van der Waals surface area contributed by atoms with Crippen LogP contribution in [0, 0.1) is 25.2 Å². The van der Waals surface area contributed by atoms with E-state index in [0.29, 0.717) is 33.0 Å². The highest BCUT2D eigenvalue weighted by Gasteiger charge is 2.40. The van der Waals surface area contributed by atoms with Gasteiger partial charge in [-0.15, -0.1) is 0 Å². The lowest BCUT2D eigenvalue weighted by Gasteiger charge is -2.34. The molecule has 1 unspecified atom stereocenters. The molecule has 0 spiro atoms. The number of aromatic nitrogens is 1. The Labute approximate surface area is 191 Å². The van der Waals surface area contributed by atoms with Gasteiger partial charge in [0.05, 0.1) is 30.9 Å². The molecule has 0 aliphatic carbocycles. The van der Waals surface area contributed by atoms with Gasteiger partial charge in [-0.3, -0.25) is 14.6 Å². The van der Waals surface area contributed by atoms with Gasteiger partial charge in [0.2, 0.25) is 0 Å². The molecule has 0 saturated heterocycles. The number of aryl methyl sites for hydroxylation is 2.